The van der Waals surface area contributed by atoms with Gasteiger partial charge in [-0.05, 0) is 24.6 Å². The van der Waals surface area contributed by atoms with Gasteiger partial charge in [-0.25, -0.2) is 0 Å². The van der Waals surface area contributed by atoms with Crippen molar-refractivity contribution < 1.29 is 9.59 Å². The lowest BCUT2D eigenvalue weighted by Gasteiger charge is -2.24. The number of fused-ring (bicyclic) bond motifs is 1. The first-order valence-corrected chi connectivity index (χ1v) is 8.73. The second-order valence-electron chi connectivity index (χ2n) is 6.83. The summed E-state index contributed by atoms with van der Waals surface area (Å²) in [6.07, 6.45) is 2.86. The predicted molar refractivity (Wildman–Crippen MR) is 96.9 cm³/mol. The number of aromatic nitrogens is 1. The molecule has 2 aromatic rings. The first kappa shape index (κ1) is 17.3. The molecule has 1 aromatic carbocycles. The van der Waals surface area contributed by atoms with Crippen LogP contribution in [0.2, 0.25) is 0 Å². The topological polar surface area (TPSA) is 54.3 Å². The molecule has 5 heteroatoms. The number of benzene rings is 1. The number of nitrogens with one attached hydrogen (secondary N) is 1. The van der Waals surface area contributed by atoms with E-state index in [9.17, 15) is 9.59 Å². The van der Waals surface area contributed by atoms with Crippen molar-refractivity contribution in [1.82, 2.24) is 14.8 Å². The SMILES string of the molecule is CNC(=O)C[C@@H]1CN(C(=O)Cc2ccc(C)cc2)Cc2cccn2C1. The van der Waals surface area contributed by atoms with E-state index >= 15 is 0 Å². The van der Waals surface area contributed by atoms with Crippen molar-refractivity contribution in [3.05, 3.63) is 59.4 Å². The van der Waals surface area contributed by atoms with Crippen LogP contribution in [0.25, 0.3) is 0 Å². The van der Waals surface area contributed by atoms with Gasteiger partial charge in [-0.1, -0.05) is 29.8 Å². The molecule has 0 radical (unpaired) electrons. The summed E-state index contributed by atoms with van der Waals surface area (Å²) in [5.74, 6) is 0.252. The second kappa shape index (κ2) is 7.55. The van der Waals surface area contributed by atoms with Gasteiger partial charge in [0, 0.05) is 44.4 Å². The highest BCUT2D eigenvalue weighted by molar-refractivity contribution is 5.79. The summed E-state index contributed by atoms with van der Waals surface area (Å²) in [6, 6.07) is 12.1. The number of carbonyl (C=O) groups excluding carboxylic acids is 2. The van der Waals surface area contributed by atoms with Gasteiger partial charge in [-0.2, -0.15) is 0 Å². The highest BCUT2D eigenvalue weighted by atomic mass is 16.2. The minimum Gasteiger partial charge on any atom is -0.359 e. The van der Waals surface area contributed by atoms with Crippen LogP contribution in [-0.4, -0.2) is 34.9 Å². The van der Waals surface area contributed by atoms with Crippen LogP contribution in [-0.2, 0) is 29.1 Å². The highest BCUT2D eigenvalue weighted by Gasteiger charge is 2.26. The number of amides is 2. The molecular formula is C20H25N3O2. The Morgan fingerprint density at radius 3 is 2.64 bits per heavy atom. The quantitative estimate of drug-likeness (QED) is 0.928. The van der Waals surface area contributed by atoms with Crippen LogP contribution in [0.5, 0.6) is 0 Å². The lowest BCUT2D eigenvalue weighted by atomic mass is 10.0. The Morgan fingerprint density at radius 1 is 1.16 bits per heavy atom. The Morgan fingerprint density at radius 2 is 1.92 bits per heavy atom. The molecule has 1 atom stereocenters. The van der Waals surface area contributed by atoms with Gasteiger partial charge in [-0.3, -0.25) is 9.59 Å². The second-order valence-corrected chi connectivity index (χ2v) is 6.83. The molecule has 1 aliphatic rings. The molecule has 3 rings (SSSR count). The molecule has 0 bridgehead atoms. The summed E-state index contributed by atoms with van der Waals surface area (Å²) in [6.45, 7) is 4.02. The minimum absolute atomic E-state index is 0.0199. The van der Waals surface area contributed by atoms with Crippen molar-refractivity contribution in [1.29, 1.82) is 0 Å². The van der Waals surface area contributed by atoms with Crippen LogP contribution in [0, 0.1) is 12.8 Å². The molecule has 0 saturated heterocycles. The number of hydrogen-bond acceptors (Lipinski definition) is 2. The molecular weight excluding hydrogens is 314 g/mol. The Labute approximate surface area is 148 Å². The third-order valence-electron chi connectivity index (χ3n) is 4.79. The van der Waals surface area contributed by atoms with E-state index in [0.29, 0.717) is 25.9 Å². The lowest BCUT2D eigenvalue weighted by molar-refractivity contribution is -0.132. The van der Waals surface area contributed by atoms with Crippen molar-refractivity contribution in [2.24, 2.45) is 5.92 Å². The van der Waals surface area contributed by atoms with E-state index in [1.54, 1.807) is 7.05 Å². The van der Waals surface area contributed by atoms with Crippen molar-refractivity contribution >= 4 is 11.8 Å². The summed E-state index contributed by atoms with van der Waals surface area (Å²) in [5.41, 5.74) is 3.34. The van der Waals surface area contributed by atoms with Gasteiger partial charge in [-0.15, -0.1) is 0 Å². The van der Waals surface area contributed by atoms with Gasteiger partial charge in [0.05, 0.1) is 13.0 Å². The van der Waals surface area contributed by atoms with Gasteiger partial charge < -0.3 is 14.8 Å². The van der Waals surface area contributed by atoms with E-state index in [0.717, 1.165) is 17.8 Å². The molecule has 2 amide bonds. The molecule has 1 N–H and O–H groups in total. The summed E-state index contributed by atoms with van der Waals surface area (Å²) in [4.78, 5) is 26.6. The van der Waals surface area contributed by atoms with Crippen molar-refractivity contribution in [2.45, 2.75) is 32.9 Å². The average Bonchev–Trinajstić information content (AvgIpc) is 2.95. The zero-order valence-corrected chi connectivity index (χ0v) is 14.9. The summed E-state index contributed by atoms with van der Waals surface area (Å²) >= 11 is 0. The van der Waals surface area contributed by atoms with E-state index in [1.165, 1.54) is 5.56 Å². The molecule has 0 unspecified atom stereocenters. The molecule has 0 aliphatic carbocycles. The van der Waals surface area contributed by atoms with Gasteiger partial charge in [0.15, 0.2) is 0 Å². The van der Waals surface area contributed by atoms with Crippen LogP contribution in [0.15, 0.2) is 42.6 Å². The zero-order valence-electron chi connectivity index (χ0n) is 14.9. The molecule has 132 valence electrons. The van der Waals surface area contributed by atoms with Crippen LogP contribution in [0.4, 0.5) is 0 Å². The van der Waals surface area contributed by atoms with E-state index in [2.05, 4.69) is 16.0 Å². The first-order chi connectivity index (χ1) is 12.0. The number of nitrogens with zero attached hydrogens (tertiary/aromatic N) is 2. The Bertz CT molecular complexity index is 749. The summed E-state index contributed by atoms with van der Waals surface area (Å²) in [7, 11) is 1.65. The maximum atomic E-state index is 12.9. The molecule has 25 heavy (non-hydrogen) atoms. The van der Waals surface area contributed by atoms with Gasteiger partial charge >= 0.3 is 0 Å². The van der Waals surface area contributed by atoms with E-state index in [1.807, 2.05) is 48.4 Å². The normalized spacial score (nSPS) is 16.9. The highest BCUT2D eigenvalue weighted by Crippen LogP contribution is 2.20. The number of rotatable bonds is 4. The van der Waals surface area contributed by atoms with Crippen molar-refractivity contribution in [3.63, 3.8) is 0 Å². The van der Waals surface area contributed by atoms with Gasteiger partial charge in [0.25, 0.3) is 0 Å². The third-order valence-corrected chi connectivity index (χ3v) is 4.79. The Hall–Kier alpha value is -2.56. The molecule has 0 saturated carbocycles. The average molecular weight is 339 g/mol. The summed E-state index contributed by atoms with van der Waals surface area (Å²) in [5, 5.41) is 2.69. The largest absolute Gasteiger partial charge is 0.359 e. The molecule has 1 aliphatic heterocycles. The van der Waals surface area contributed by atoms with E-state index in [4.69, 9.17) is 0 Å². The molecule has 2 heterocycles. The lowest BCUT2D eigenvalue weighted by Crippen LogP contribution is -2.36. The smallest absolute Gasteiger partial charge is 0.227 e. The van der Waals surface area contributed by atoms with Crippen LogP contribution >= 0.6 is 0 Å². The summed E-state index contributed by atoms with van der Waals surface area (Å²) < 4.78 is 2.16. The number of aryl methyl sites for hydroxylation is 1. The maximum Gasteiger partial charge on any atom is 0.227 e. The van der Waals surface area contributed by atoms with E-state index in [-0.39, 0.29) is 17.7 Å². The fourth-order valence-corrected chi connectivity index (χ4v) is 3.35. The Balaban J connectivity index is 1.75. The standard InChI is InChI=1S/C20H25N3O2/c1-15-5-7-16(8-6-15)11-20(25)23-13-17(10-19(24)21-2)12-22-9-3-4-18(22)14-23/h3-9,17H,10-14H2,1-2H3,(H,21,24)/t17-/m0/s1. The Kier molecular flexibility index (Phi) is 5.22. The van der Waals surface area contributed by atoms with Crippen LogP contribution < -0.4 is 5.32 Å². The monoisotopic (exact) mass is 339 g/mol. The minimum atomic E-state index is 0.0199. The number of hydrogen-bond donors (Lipinski definition) is 1. The van der Waals surface area contributed by atoms with Crippen molar-refractivity contribution in [2.75, 3.05) is 13.6 Å². The van der Waals surface area contributed by atoms with Gasteiger partial charge in [0.2, 0.25) is 11.8 Å². The van der Waals surface area contributed by atoms with Crippen LogP contribution in [0.1, 0.15) is 23.2 Å². The fourth-order valence-electron chi connectivity index (χ4n) is 3.35. The maximum absolute atomic E-state index is 12.9. The zero-order chi connectivity index (χ0) is 17.8. The third kappa shape index (κ3) is 4.29. The molecule has 1 aromatic heterocycles. The van der Waals surface area contributed by atoms with Crippen molar-refractivity contribution in [3.8, 4) is 0 Å². The molecule has 0 spiro atoms. The predicted octanol–water partition coefficient (Wildman–Crippen LogP) is 2.13. The molecule has 5 nitrogen and oxygen atoms in total. The van der Waals surface area contributed by atoms with E-state index < -0.39 is 0 Å². The molecule has 0 fully saturated rings. The number of carbonyl (C=O) groups is 2. The first-order valence-electron chi connectivity index (χ1n) is 8.73. The fraction of sp³-hybridized carbons (Fsp3) is 0.400. The van der Waals surface area contributed by atoms with Gasteiger partial charge in [0.1, 0.15) is 0 Å². The van der Waals surface area contributed by atoms with Crippen LogP contribution in [0.3, 0.4) is 0 Å².